The van der Waals surface area contributed by atoms with E-state index in [9.17, 15) is 0 Å². The van der Waals surface area contributed by atoms with Crippen molar-refractivity contribution in [2.45, 2.75) is 24.8 Å². The Morgan fingerprint density at radius 3 is 2.90 bits per heavy atom. The number of hydrazine groups is 1. The first-order chi connectivity index (χ1) is 4.85. The summed E-state index contributed by atoms with van der Waals surface area (Å²) in [6, 6.07) is 0. The van der Waals surface area contributed by atoms with Crippen LogP contribution >= 0.6 is 0 Å². The summed E-state index contributed by atoms with van der Waals surface area (Å²) in [5, 5.41) is 0. The molecule has 0 radical (unpaired) electrons. The van der Waals surface area contributed by atoms with Crippen LogP contribution in [0.25, 0.3) is 0 Å². The Labute approximate surface area is 61.5 Å². The van der Waals surface area contributed by atoms with Gasteiger partial charge in [0.05, 0.1) is 0 Å². The molecule has 3 nitrogen and oxygen atoms in total. The number of piperidine rings is 1. The van der Waals surface area contributed by atoms with Gasteiger partial charge < -0.3 is 4.90 Å². The lowest BCUT2D eigenvalue weighted by atomic mass is 9.92. The normalized spacial score (nSPS) is 45.9. The summed E-state index contributed by atoms with van der Waals surface area (Å²) >= 11 is 0. The largest absolute Gasteiger partial charge is 0.301 e. The maximum atomic E-state index is 5.50. The van der Waals surface area contributed by atoms with Crippen LogP contribution in [0.4, 0.5) is 0 Å². The molecule has 0 saturated carbocycles. The number of fused-ring (bicyclic) bond motifs is 2. The van der Waals surface area contributed by atoms with Crippen molar-refractivity contribution in [3.8, 4) is 0 Å². The van der Waals surface area contributed by atoms with Gasteiger partial charge in [-0.2, -0.15) is 0 Å². The minimum atomic E-state index is 0.290. The summed E-state index contributed by atoms with van der Waals surface area (Å²) < 4.78 is 0. The standard InChI is InChI=1S/C7H15N3/c8-9-7-2-1-4-10(6-7)5-3-7/h9H,1-6,8H2/t7-/m0/s1. The van der Waals surface area contributed by atoms with Crippen LogP contribution in [0.1, 0.15) is 19.3 Å². The fraction of sp³-hybridized carbons (Fsp3) is 1.00. The van der Waals surface area contributed by atoms with E-state index < -0.39 is 0 Å². The van der Waals surface area contributed by atoms with Crippen LogP contribution in [0.15, 0.2) is 0 Å². The Bertz CT molecular complexity index is 133. The van der Waals surface area contributed by atoms with Crippen LogP contribution in [-0.4, -0.2) is 30.1 Å². The molecule has 0 aromatic rings. The molecule has 2 atom stereocenters. The van der Waals surface area contributed by atoms with Crippen molar-refractivity contribution in [1.82, 2.24) is 10.3 Å². The summed E-state index contributed by atoms with van der Waals surface area (Å²) in [7, 11) is 0. The first kappa shape index (κ1) is 6.58. The molecule has 2 saturated heterocycles. The highest BCUT2D eigenvalue weighted by Gasteiger charge is 2.39. The molecule has 2 rings (SSSR count). The molecule has 2 heterocycles. The van der Waals surface area contributed by atoms with Gasteiger partial charge in [0, 0.05) is 18.6 Å². The highest BCUT2D eigenvalue weighted by molar-refractivity contribution is 4.98. The molecule has 0 spiro atoms. The molecule has 3 heteroatoms. The highest BCUT2D eigenvalue weighted by Crippen LogP contribution is 2.29. The molecule has 0 aromatic heterocycles. The molecule has 2 fully saturated rings. The van der Waals surface area contributed by atoms with E-state index in [0.717, 1.165) is 0 Å². The molecule has 58 valence electrons. The fourth-order valence-corrected chi connectivity index (χ4v) is 2.18. The Hall–Kier alpha value is -0.120. The van der Waals surface area contributed by atoms with E-state index in [2.05, 4.69) is 10.3 Å². The van der Waals surface area contributed by atoms with Gasteiger partial charge in [0.25, 0.3) is 0 Å². The molecule has 1 unspecified atom stereocenters. The number of hydrogen-bond acceptors (Lipinski definition) is 3. The lowest BCUT2D eigenvalue weighted by Crippen LogP contribution is -2.53. The summed E-state index contributed by atoms with van der Waals surface area (Å²) in [4.78, 5) is 2.49. The van der Waals surface area contributed by atoms with Crippen molar-refractivity contribution >= 4 is 0 Å². The second-order valence-corrected chi connectivity index (χ2v) is 3.55. The molecule has 3 N–H and O–H groups in total. The van der Waals surface area contributed by atoms with Crippen molar-refractivity contribution in [2.75, 3.05) is 19.6 Å². The van der Waals surface area contributed by atoms with E-state index in [1.165, 1.54) is 38.9 Å². The van der Waals surface area contributed by atoms with E-state index in [1.807, 2.05) is 0 Å². The zero-order valence-corrected chi connectivity index (χ0v) is 6.27. The van der Waals surface area contributed by atoms with Crippen LogP contribution in [0.3, 0.4) is 0 Å². The third kappa shape index (κ3) is 0.856. The number of rotatable bonds is 1. The molecule has 0 aliphatic carbocycles. The first-order valence-electron chi connectivity index (χ1n) is 4.05. The van der Waals surface area contributed by atoms with Gasteiger partial charge in [-0.25, -0.2) is 0 Å². The third-order valence-corrected chi connectivity index (χ3v) is 2.87. The smallest absolute Gasteiger partial charge is 0.0460 e. The minimum Gasteiger partial charge on any atom is -0.301 e. The highest BCUT2D eigenvalue weighted by atomic mass is 15.3. The second kappa shape index (κ2) is 2.19. The maximum Gasteiger partial charge on any atom is 0.0460 e. The van der Waals surface area contributed by atoms with Gasteiger partial charge in [0.2, 0.25) is 0 Å². The zero-order valence-electron chi connectivity index (χ0n) is 6.27. The lowest BCUT2D eigenvalue weighted by Gasteiger charge is -2.32. The van der Waals surface area contributed by atoms with Crippen molar-refractivity contribution in [3.05, 3.63) is 0 Å². The zero-order chi connectivity index (χ0) is 7.03. The molecule has 2 bridgehead atoms. The quantitative estimate of drug-likeness (QED) is 0.389. The summed E-state index contributed by atoms with van der Waals surface area (Å²) in [5.74, 6) is 5.50. The molecule has 2 aliphatic heterocycles. The van der Waals surface area contributed by atoms with E-state index in [4.69, 9.17) is 5.84 Å². The Balaban J connectivity index is 2.10. The monoisotopic (exact) mass is 141 g/mol. The van der Waals surface area contributed by atoms with Gasteiger partial charge in [0.1, 0.15) is 0 Å². The van der Waals surface area contributed by atoms with Gasteiger partial charge in [-0.05, 0) is 25.8 Å². The average molecular weight is 141 g/mol. The van der Waals surface area contributed by atoms with Crippen molar-refractivity contribution in [3.63, 3.8) is 0 Å². The second-order valence-electron chi connectivity index (χ2n) is 3.55. The fourth-order valence-electron chi connectivity index (χ4n) is 2.18. The number of nitrogens with one attached hydrogen (secondary N) is 1. The molecular weight excluding hydrogens is 126 g/mol. The average Bonchev–Trinajstić information content (AvgIpc) is 2.29. The molecule has 0 aromatic carbocycles. The first-order valence-corrected chi connectivity index (χ1v) is 4.05. The van der Waals surface area contributed by atoms with Gasteiger partial charge in [-0.3, -0.25) is 11.3 Å². The minimum absolute atomic E-state index is 0.290. The molecular formula is C7H15N3. The van der Waals surface area contributed by atoms with Gasteiger partial charge >= 0.3 is 0 Å². The van der Waals surface area contributed by atoms with Gasteiger partial charge in [0.15, 0.2) is 0 Å². The van der Waals surface area contributed by atoms with Crippen molar-refractivity contribution < 1.29 is 0 Å². The summed E-state index contributed by atoms with van der Waals surface area (Å²) in [6.45, 7) is 3.69. The lowest BCUT2D eigenvalue weighted by molar-refractivity contribution is 0.213. The predicted molar refractivity (Wildman–Crippen MR) is 40.3 cm³/mol. The van der Waals surface area contributed by atoms with Crippen molar-refractivity contribution in [1.29, 1.82) is 0 Å². The summed E-state index contributed by atoms with van der Waals surface area (Å²) in [6.07, 6.45) is 3.81. The van der Waals surface area contributed by atoms with Crippen LogP contribution < -0.4 is 11.3 Å². The van der Waals surface area contributed by atoms with Crippen LogP contribution in [-0.2, 0) is 0 Å². The van der Waals surface area contributed by atoms with Gasteiger partial charge in [-0.1, -0.05) is 0 Å². The Morgan fingerprint density at radius 2 is 2.20 bits per heavy atom. The SMILES string of the molecule is NN[C@@]12CCCN(CC1)C2. The topological polar surface area (TPSA) is 41.3 Å². The molecule has 0 amide bonds. The van der Waals surface area contributed by atoms with E-state index >= 15 is 0 Å². The van der Waals surface area contributed by atoms with E-state index in [1.54, 1.807) is 0 Å². The van der Waals surface area contributed by atoms with E-state index in [0.29, 0.717) is 0 Å². The number of nitrogens with two attached hydrogens (primary N) is 1. The third-order valence-electron chi connectivity index (χ3n) is 2.87. The van der Waals surface area contributed by atoms with Crippen LogP contribution in [0, 0.1) is 0 Å². The number of hydrogen-bond donors (Lipinski definition) is 2. The molecule has 2 aliphatic rings. The Kier molecular flexibility index (Phi) is 1.44. The van der Waals surface area contributed by atoms with Crippen molar-refractivity contribution in [2.24, 2.45) is 5.84 Å². The molecule has 10 heavy (non-hydrogen) atoms. The van der Waals surface area contributed by atoms with E-state index in [-0.39, 0.29) is 5.54 Å². The van der Waals surface area contributed by atoms with Crippen LogP contribution in [0.5, 0.6) is 0 Å². The summed E-state index contributed by atoms with van der Waals surface area (Å²) in [5.41, 5.74) is 3.26. The predicted octanol–water partition coefficient (Wildman–Crippen LogP) is -0.312. The maximum absolute atomic E-state index is 5.50. The van der Waals surface area contributed by atoms with Gasteiger partial charge in [-0.15, -0.1) is 0 Å². The Morgan fingerprint density at radius 1 is 1.30 bits per heavy atom. The van der Waals surface area contributed by atoms with Crippen LogP contribution in [0.2, 0.25) is 0 Å². The number of nitrogens with zero attached hydrogens (tertiary/aromatic N) is 1.